The molecule has 0 saturated carbocycles. The number of rotatable bonds is 0. The highest BCUT2D eigenvalue weighted by Crippen LogP contribution is 2.48. The summed E-state index contributed by atoms with van der Waals surface area (Å²) in [6.45, 7) is 1.56. The third kappa shape index (κ3) is 2.35. The summed E-state index contributed by atoms with van der Waals surface area (Å²) < 4.78 is 20.1. The lowest BCUT2D eigenvalue weighted by Crippen LogP contribution is -2.44. The maximum Gasteiger partial charge on any atom is 0.534 e. The Morgan fingerprint density at radius 3 is 2.00 bits per heavy atom. The van der Waals surface area contributed by atoms with E-state index >= 15 is 0 Å². The highest BCUT2D eigenvalue weighted by atomic mass is 31.2. The molecule has 13 heavy (non-hydrogen) atoms. The zero-order valence-corrected chi connectivity index (χ0v) is 8.59. The molecule has 0 bridgehead atoms. The summed E-state index contributed by atoms with van der Waals surface area (Å²) in [5.74, 6) is 0. The first-order chi connectivity index (χ1) is 6.20. The minimum atomic E-state index is -1.71. The Hall–Kier alpha value is 0.620. The molecular weight excluding hydrogens is 218 g/mol. The van der Waals surface area contributed by atoms with E-state index in [0.717, 1.165) is 0 Å². The van der Waals surface area contributed by atoms with Crippen molar-refractivity contribution >= 4 is 17.2 Å². The molecule has 0 aromatic heterocycles. The number of hydrogen-bond donors (Lipinski definition) is 1. The fourth-order valence-electron chi connectivity index (χ4n) is 1.10. The maximum absolute atomic E-state index is 8.98. The quantitative estimate of drug-likeness (QED) is 0.475. The van der Waals surface area contributed by atoms with Crippen LogP contribution >= 0.6 is 17.2 Å². The van der Waals surface area contributed by atoms with Gasteiger partial charge in [-0.3, -0.25) is 9.05 Å². The summed E-state index contributed by atoms with van der Waals surface area (Å²) in [4.78, 5) is 16.2. The van der Waals surface area contributed by atoms with Crippen LogP contribution in [-0.4, -0.2) is 36.2 Å². The molecule has 2 heterocycles. The molecule has 0 amide bonds. The molecule has 0 aromatic carbocycles. The van der Waals surface area contributed by atoms with Crippen molar-refractivity contribution in [3.8, 4) is 0 Å². The molecule has 0 aliphatic carbocycles. The molecule has 0 radical (unpaired) electrons. The second kappa shape index (κ2) is 4.01. The Bertz CT molecular complexity index is 150. The van der Waals surface area contributed by atoms with Crippen LogP contribution in [0.2, 0.25) is 0 Å². The smallest absolute Gasteiger partial charge is 0.391 e. The standard InChI is InChI=1S/C5H10O6P2/c6-12-8-1-5(2-9-12)3-10-13(7)11-4-5/h6-7H,1-4H2/p+1. The molecule has 1 spiro atoms. The van der Waals surface area contributed by atoms with Crippen molar-refractivity contribution in [1.29, 1.82) is 0 Å². The van der Waals surface area contributed by atoms with Gasteiger partial charge in [-0.25, -0.2) is 0 Å². The monoisotopic (exact) mass is 229 g/mol. The van der Waals surface area contributed by atoms with Crippen LogP contribution in [0.15, 0.2) is 0 Å². The Labute approximate surface area is 77.7 Å². The van der Waals surface area contributed by atoms with Crippen molar-refractivity contribution in [3.05, 3.63) is 0 Å². The largest absolute Gasteiger partial charge is 0.534 e. The van der Waals surface area contributed by atoms with Gasteiger partial charge in [0.1, 0.15) is 0 Å². The first-order valence-corrected chi connectivity index (χ1v) is 6.03. The van der Waals surface area contributed by atoms with Gasteiger partial charge in [-0.05, 0) is 0 Å². The van der Waals surface area contributed by atoms with E-state index in [4.69, 9.17) is 27.9 Å². The first-order valence-electron chi connectivity index (χ1n) is 3.72. The van der Waals surface area contributed by atoms with Gasteiger partial charge in [0.05, 0.1) is 31.8 Å². The second-order valence-electron chi connectivity index (χ2n) is 3.09. The maximum atomic E-state index is 8.98. The highest BCUT2D eigenvalue weighted by Gasteiger charge is 2.44. The van der Waals surface area contributed by atoms with Crippen LogP contribution in [0.5, 0.6) is 0 Å². The summed E-state index contributed by atoms with van der Waals surface area (Å²) in [5, 5.41) is 0. The second-order valence-corrected chi connectivity index (χ2v) is 5.11. The van der Waals surface area contributed by atoms with Gasteiger partial charge in [-0.15, -0.1) is 0 Å². The summed E-state index contributed by atoms with van der Waals surface area (Å²) in [7, 11) is -3.18. The lowest BCUT2D eigenvalue weighted by Gasteiger charge is -2.38. The molecule has 0 aromatic rings. The molecule has 2 rings (SSSR count). The minimum Gasteiger partial charge on any atom is -0.391 e. The molecule has 6 nitrogen and oxygen atoms in total. The predicted molar refractivity (Wildman–Crippen MR) is 45.9 cm³/mol. The third-order valence-corrected chi connectivity index (χ3v) is 3.37. The first kappa shape index (κ1) is 10.1. The molecule has 0 unspecified atom stereocenters. The van der Waals surface area contributed by atoms with E-state index in [-0.39, 0.29) is 5.41 Å². The minimum absolute atomic E-state index is 0.318. The Morgan fingerprint density at radius 2 is 1.46 bits per heavy atom. The van der Waals surface area contributed by atoms with E-state index < -0.39 is 17.2 Å². The van der Waals surface area contributed by atoms with Crippen molar-refractivity contribution in [2.75, 3.05) is 26.4 Å². The van der Waals surface area contributed by atoms with Crippen LogP contribution in [0, 0.1) is 5.41 Å². The van der Waals surface area contributed by atoms with Gasteiger partial charge >= 0.3 is 17.2 Å². The van der Waals surface area contributed by atoms with Crippen molar-refractivity contribution in [3.63, 3.8) is 0 Å². The lowest BCUT2D eigenvalue weighted by molar-refractivity contribution is -0.0694. The lowest BCUT2D eigenvalue weighted by atomic mass is 9.93. The van der Waals surface area contributed by atoms with E-state index in [1.165, 1.54) is 0 Å². The van der Waals surface area contributed by atoms with Gasteiger partial charge in [0.15, 0.2) is 0 Å². The molecule has 76 valence electrons. The normalized spacial score (nSPS) is 46.6. The van der Waals surface area contributed by atoms with Crippen molar-refractivity contribution in [2.24, 2.45) is 5.41 Å². The average molecular weight is 229 g/mol. The average Bonchev–Trinajstić information content (AvgIpc) is 2.16. The van der Waals surface area contributed by atoms with Crippen LogP contribution in [0.1, 0.15) is 0 Å². The Kier molecular flexibility index (Phi) is 3.13. The van der Waals surface area contributed by atoms with Crippen molar-refractivity contribution < 1.29 is 27.9 Å². The SMILES string of the molecule is OP1OCC2(CO1)COP([OH2+])OC2. The van der Waals surface area contributed by atoms with Crippen LogP contribution in [-0.2, 0) is 18.1 Å². The zero-order valence-electron chi connectivity index (χ0n) is 6.80. The van der Waals surface area contributed by atoms with Crippen molar-refractivity contribution in [2.45, 2.75) is 0 Å². The van der Waals surface area contributed by atoms with Gasteiger partial charge in [-0.2, -0.15) is 0 Å². The van der Waals surface area contributed by atoms with Gasteiger partial charge < -0.3 is 18.8 Å². The van der Waals surface area contributed by atoms with Gasteiger partial charge in [0.2, 0.25) is 0 Å². The topological polar surface area (TPSA) is 80.0 Å². The summed E-state index contributed by atoms with van der Waals surface area (Å²) in [5.41, 5.74) is -0.318. The molecule has 0 atom stereocenters. The van der Waals surface area contributed by atoms with E-state index in [9.17, 15) is 0 Å². The van der Waals surface area contributed by atoms with Crippen LogP contribution in [0.4, 0.5) is 0 Å². The fourth-order valence-corrected chi connectivity index (χ4v) is 2.80. The zero-order chi connectivity index (χ0) is 9.31. The molecule has 2 saturated heterocycles. The van der Waals surface area contributed by atoms with Crippen LogP contribution < -0.4 is 0 Å². The van der Waals surface area contributed by atoms with E-state index in [2.05, 4.69) is 0 Å². The highest BCUT2D eigenvalue weighted by molar-refractivity contribution is 7.40. The Morgan fingerprint density at radius 1 is 1.00 bits per heavy atom. The Balaban J connectivity index is 1.90. The predicted octanol–water partition coefficient (Wildman–Crippen LogP) is 0.237. The van der Waals surface area contributed by atoms with Gasteiger partial charge in [-0.1, -0.05) is 0 Å². The molecule has 2 fully saturated rings. The van der Waals surface area contributed by atoms with Crippen molar-refractivity contribution in [1.82, 2.24) is 0 Å². The molecule has 8 heteroatoms. The fraction of sp³-hybridized carbons (Fsp3) is 1.00. The molecular formula is C5H11O6P2+. The van der Waals surface area contributed by atoms with Crippen LogP contribution in [0.3, 0.4) is 0 Å². The van der Waals surface area contributed by atoms with Gasteiger partial charge in [0.25, 0.3) is 0 Å². The summed E-state index contributed by atoms with van der Waals surface area (Å²) in [6.07, 6.45) is 0. The van der Waals surface area contributed by atoms with Gasteiger partial charge in [0, 0.05) is 0 Å². The molecule has 3 N–H and O–H groups in total. The third-order valence-electron chi connectivity index (χ3n) is 1.94. The number of hydrogen-bond acceptors (Lipinski definition) is 5. The molecule has 2 aliphatic heterocycles. The molecule has 2 aliphatic rings. The summed E-state index contributed by atoms with van der Waals surface area (Å²) >= 11 is 0. The van der Waals surface area contributed by atoms with E-state index in [0.29, 0.717) is 26.4 Å². The van der Waals surface area contributed by atoms with E-state index in [1.807, 2.05) is 0 Å². The van der Waals surface area contributed by atoms with Crippen LogP contribution in [0.25, 0.3) is 0 Å². The summed E-state index contributed by atoms with van der Waals surface area (Å²) in [6, 6.07) is 0. The van der Waals surface area contributed by atoms with E-state index in [1.54, 1.807) is 0 Å².